The molecule has 5 nitrogen and oxygen atoms in total. The van der Waals surface area contributed by atoms with Gasteiger partial charge in [-0.05, 0) is 38.4 Å². The molecule has 0 saturated carbocycles. The molecule has 3 heterocycles. The molecule has 3 rings (SSSR count). The molecular weight excluding hydrogens is 238 g/mol. The summed E-state index contributed by atoms with van der Waals surface area (Å²) in [6, 6.07) is 4.62. The van der Waals surface area contributed by atoms with Gasteiger partial charge in [0.05, 0.1) is 0 Å². The van der Waals surface area contributed by atoms with Gasteiger partial charge in [-0.3, -0.25) is 4.98 Å². The van der Waals surface area contributed by atoms with Gasteiger partial charge in [-0.1, -0.05) is 0 Å². The number of hydrogen-bond donors (Lipinski definition) is 1. The van der Waals surface area contributed by atoms with E-state index in [1.54, 1.807) is 12.4 Å². The molecule has 1 fully saturated rings. The van der Waals surface area contributed by atoms with E-state index in [9.17, 15) is 0 Å². The zero-order valence-corrected chi connectivity index (χ0v) is 11.2. The second-order valence-electron chi connectivity index (χ2n) is 4.90. The van der Waals surface area contributed by atoms with Gasteiger partial charge in [-0.15, -0.1) is 0 Å². The SMILES string of the molecule is CCN(CC1CCCN1)c1ccc2nccnc2n1. The first-order chi connectivity index (χ1) is 9.36. The molecule has 1 aliphatic rings. The van der Waals surface area contributed by atoms with Gasteiger partial charge in [0.15, 0.2) is 5.65 Å². The molecule has 1 aliphatic heterocycles. The Kier molecular flexibility index (Phi) is 3.55. The van der Waals surface area contributed by atoms with Crippen LogP contribution in [0.15, 0.2) is 24.5 Å². The van der Waals surface area contributed by atoms with Crippen LogP contribution >= 0.6 is 0 Å². The van der Waals surface area contributed by atoms with Crippen LogP contribution in [0.4, 0.5) is 5.82 Å². The highest BCUT2D eigenvalue weighted by molar-refractivity contribution is 5.71. The predicted octanol–water partition coefficient (Wildman–Crippen LogP) is 1.60. The Morgan fingerprint density at radius 3 is 3.00 bits per heavy atom. The van der Waals surface area contributed by atoms with Crippen LogP contribution in [0.1, 0.15) is 19.8 Å². The minimum atomic E-state index is 0.583. The number of rotatable bonds is 4. The molecule has 19 heavy (non-hydrogen) atoms. The largest absolute Gasteiger partial charge is 0.355 e. The lowest BCUT2D eigenvalue weighted by atomic mass is 10.2. The highest BCUT2D eigenvalue weighted by Gasteiger charge is 2.18. The molecule has 0 amide bonds. The van der Waals surface area contributed by atoms with Crippen LogP contribution in [-0.2, 0) is 0 Å². The van der Waals surface area contributed by atoms with Crippen molar-refractivity contribution < 1.29 is 0 Å². The summed E-state index contributed by atoms with van der Waals surface area (Å²) in [4.78, 5) is 15.4. The molecule has 0 aliphatic carbocycles. The lowest BCUT2D eigenvalue weighted by molar-refractivity contribution is 0.584. The van der Waals surface area contributed by atoms with Crippen molar-refractivity contribution in [1.29, 1.82) is 0 Å². The second-order valence-corrected chi connectivity index (χ2v) is 4.90. The zero-order valence-electron chi connectivity index (χ0n) is 11.2. The molecule has 2 aromatic heterocycles. The summed E-state index contributed by atoms with van der Waals surface area (Å²) in [6.07, 6.45) is 5.92. The van der Waals surface area contributed by atoms with Gasteiger partial charge in [0.25, 0.3) is 0 Å². The molecule has 0 spiro atoms. The van der Waals surface area contributed by atoms with Crippen molar-refractivity contribution in [2.45, 2.75) is 25.8 Å². The summed E-state index contributed by atoms with van der Waals surface area (Å²) in [6.45, 7) is 5.27. The van der Waals surface area contributed by atoms with Gasteiger partial charge in [0.2, 0.25) is 0 Å². The average Bonchev–Trinajstić information content (AvgIpc) is 2.97. The first-order valence-electron chi connectivity index (χ1n) is 6.93. The highest BCUT2D eigenvalue weighted by atomic mass is 15.2. The fraction of sp³-hybridized carbons (Fsp3) is 0.500. The van der Waals surface area contributed by atoms with Crippen LogP contribution in [0.3, 0.4) is 0 Å². The normalized spacial score (nSPS) is 18.9. The molecule has 0 aromatic carbocycles. The van der Waals surface area contributed by atoms with Gasteiger partial charge >= 0.3 is 0 Å². The van der Waals surface area contributed by atoms with E-state index in [2.05, 4.69) is 32.1 Å². The number of anilines is 1. The maximum atomic E-state index is 4.61. The fourth-order valence-electron chi connectivity index (χ4n) is 2.58. The summed E-state index contributed by atoms with van der Waals surface area (Å²) in [5.41, 5.74) is 1.57. The van der Waals surface area contributed by atoms with Crippen LogP contribution in [0, 0.1) is 0 Å². The van der Waals surface area contributed by atoms with Crippen LogP contribution in [-0.4, -0.2) is 40.6 Å². The second kappa shape index (κ2) is 5.48. The van der Waals surface area contributed by atoms with Crippen LogP contribution in [0.2, 0.25) is 0 Å². The number of likely N-dealkylation sites (N-methyl/N-ethyl adjacent to an activating group) is 1. The standard InChI is InChI=1S/C14H19N5/c1-2-19(10-11-4-3-7-15-11)13-6-5-12-14(18-13)17-9-8-16-12/h5-6,8-9,11,15H,2-4,7,10H2,1H3. The summed E-state index contributed by atoms with van der Waals surface area (Å²) in [5, 5.41) is 3.53. The Bertz CT molecular complexity index is 550. The first kappa shape index (κ1) is 12.3. The molecule has 1 N–H and O–H groups in total. The highest BCUT2D eigenvalue weighted by Crippen LogP contribution is 2.16. The van der Waals surface area contributed by atoms with Gasteiger partial charge in [-0.25, -0.2) is 9.97 Å². The van der Waals surface area contributed by atoms with Gasteiger partial charge < -0.3 is 10.2 Å². The van der Waals surface area contributed by atoms with Crippen molar-refractivity contribution in [2.75, 3.05) is 24.5 Å². The van der Waals surface area contributed by atoms with Crippen molar-refractivity contribution >= 4 is 17.0 Å². The Morgan fingerprint density at radius 1 is 1.32 bits per heavy atom. The Morgan fingerprint density at radius 2 is 2.21 bits per heavy atom. The minimum absolute atomic E-state index is 0.583. The molecule has 1 saturated heterocycles. The molecule has 2 aromatic rings. The molecule has 0 bridgehead atoms. The number of aromatic nitrogens is 3. The number of nitrogens with zero attached hydrogens (tertiary/aromatic N) is 4. The average molecular weight is 257 g/mol. The molecular formula is C14H19N5. The van der Waals surface area contributed by atoms with E-state index in [1.165, 1.54) is 12.8 Å². The summed E-state index contributed by atoms with van der Waals surface area (Å²) >= 11 is 0. The Hall–Kier alpha value is -1.75. The molecule has 100 valence electrons. The third-order valence-corrected chi connectivity index (χ3v) is 3.63. The van der Waals surface area contributed by atoms with Crippen molar-refractivity contribution in [3.63, 3.8) is 0 Å². The fourth-order valence-corrected chi connectivity index (χ4v) is 2.58. The third kappa shape index (κ3) is 2.66. The van der Waals surface area contributed by atoms with Crippen LogP contribution < -0.4 is 10.2 Å². The zero-order chi connectivity index (χ0) is 13.1. The van der Waals surface area contributed by atoms with E-state index in [1.807, 2.05) is 12.1 Å². The Labute approximate surface area is 113 Å². The number of nitrogens with one attached hydrogen (secondary N) is 1. The lowest BCUT2D eigenvalue weighted by Crippen LogP contribution is -2.37. The van der Waals surface area contributed by atoms with Crippen molar-refractivity contribution in [2.24, 2.45) is 0 Å². The van der Waals surface area contributed by atoms with E-state index in [4.69, 9.17) is 0 Å². The van der Waals surface area contributed by atoms with Crippen molar-refractivity contribution in [3.8, 4) is 0 Å². The maximum absolute atomic E-state index is 4.61. The molecule has 5 heteroatoms. The first-order valence-corrected chi connectivity index (χ1v) is 6.93. The number of hydrogen-bond acceptors (Lipinski definition) is 5. The van der Waals surface area contributed by atoms with E-state index >= 15 is 0 Å². The van der Waals surface area contributed by atoms with E-state index in [-0.39, 0.29) is 0 Å². The summed E-state index contributed by atoms with van der Waals surface area (Å²) in [7, 11) is 0. The van der Waals surface area contributed by atoms with Crippen molar-refractivity contribution in [1.82, 2.24) is 20.3 Å². The van der Waals surface area contributed by atoms with Gasteiger partial charge in [-0.2, -0.15) is 0 Å². The quantitative estimate of drug-likeness (QED) is 0.901. The molecule has 0 radical (unpaired) electrons. The molecule has 1 atom stereocenters. The minimum Gasteiger partial charge on any atom is -0.355 e. The summed E-state index contributed by atoms with van der Waals surface area (Å²) < 4.78 is 0. The molecule has 1 unspecified atom stereocenters. The van der Waals surface area contributed by atoms with Gasteiger partial charge in [0, 0.05) is 31.5 Å². The van der Waals surface area contributed by atoms with Crippen molar-refractivity contribution in [3.05, 3.63) is 24.5 Å². The summed E-state index contributed by atoms with van der Waals surface area (Å²) in [5.74, 6) is 0.990. The monoisotopic (exact) mass is 257 g/mol. The maximum Gasteiger partial charge on any atom is 0.180 e. The van der Waals surface area contributed by atoms with E-state index < -0.39 is 0 Å². The number of fused-ring (bicyclic) bond motifs is 1. The van der Waals surface area contributed by atoms with Crippen LogP contribution in [0.25, 0.3) is 11.2 Å². The number of pyridine rings is 1. The topological polar surface area (TPSA) is 53.9 Å². The lowest BCUT2D eigenvalue weighted by Gasteiger charge is -2.25. The predicted molar refractivity (Wildman–Crippen MR) is 76.2 cm³/mol. The van der Waals surface area contributed by atoms with Gasteiger partial charge in [0.1, 0.15) is 11.3 Å². The van der Waals surface area contributed by atoms with E-state index in [0.717, 1.165) is 36.6 Å². The third-order valence-electron chi connectivity index (χ3n) is 3.63. The van der Waals surface area contributed by atoms with E-state index in [0.29, 0.717) is 6.04 Å². The Balaban J connectivity index is 1.83. The smallest absolute Gasteiger partial charge is 0.180 e. The van der Waals surface area contributed by atoms with Crippen LogP contribution in [0.5, 0.6) is 0 Å².